The van der Waals surface area contributed by atoms with Gasteiger partial charge in [0.25, 0.3) is 0 Å². The fraction of sp³-hybridized carbons (Fsp3) is 0.444. The molecule has 7 nitrogen and oxygen atoms in total. The molecule has 2 aromatic rings. The van der Waals surface area contributed by atoms with Crippen molar-refractivity contribution < 1.29 is 9.59 Å². The van der Waals surface area contributed by atoms with Gasteiger partial charge in [0.05, 0.1) is 0 Å². The fourth-order valence-corrected chi connectivity index (χ4v) is 3.01. The highest BCUT2D eigenvalue weighted by atomic mass is 16.2. The van der Waals surface area contributed by atoms with Crippen LogP contribution < -0.4 is 10.6 Å². The van der Waals surface area contributed by atoms with Gasteiger partial charge in [0.1, 0.15) is 5.82 Å². The van der Waals surface area contributed by atoms with Crippen LogP contribution in [0.3, 0.4) is 0 Å². The summed E-state index contributed by atoms with van der Waals surface area (Å²) in [6.45, 7) is 2.70. The minimum atomic E-state index is -0.137. The van der Waals surface area contributed by atoms with Crippen molar-refractivity contribution in [1.82, 2.24) is 20.1 Å². The van der Waals surface area contributed by atoms with E-state index in [4.69, 9.17) is 0 Å². The molecule has 0 saturated heterocycles. The number of nitrogens with one attached hydrogen (secondary N) is 2. The monoisotopic (exact) mass is 341 g/mol. The first-order valence-electron chi connectivity index (χ1n) is 8.70. The first kappa shape index (κ1) is 17.1. The molecule has 2 heterocycles. The summed E-state index contributed by atoms with van der Waals surface area (Å²) in [6.07, 6.45) is 4.71. The Balaban J connectivity index is 1.71. The van der Waals surface area contributed by atoms with Crippen molar-refractivity contribution in [1.29, 1.82) is 0 Å². The number of aryl methyl sites for hydroxylation is 1. The minimum absolute atomic E-state index is 0.133. The number of amides is 2. The van der Waals surface area contributed by atoms with Gasteiger partial charge >= 0.3 is 0 Å². The number of aromatic nitrogens is 3. The van der Waals surface area contributed by atoms with E-state index in [-0.39, 0.29) is 18.2 Å². The number of anilines is 1. The largest absolute Gasteiger partial charge is 0.356 e. The van der Waals surface area contributed by atoms with Crippen LogP contribution in [0.15, 0.2) is 24.3 Å². The van der Waals surface area contributed by atoms with Crippen molar-refractivity contribution in [2.75, 3.05) is 11.9 Å². The van der Waals surface area contributed by atoms with Gasteiger partial charge in [0.2, 0.25) is 11.8 Å². The maximum Gasteiger partial charge on any atom is 0.226 e. The molecule has 1 aromatic carbocycles. The molecule has 0 aliphatic carbocycles. The van der Waals surface area contributed by atoms with Crippen molar-refractivity contribution in [3.63, 3.8) is 0 Å². The van der Waals surface area contributed by atoms with Crippen LogP contribution in [0.1, 0.15) is 38.4 Å². The van der Waals surface area contributed by atoms with Gasteiger partial charge in [-0.05, 0) is 25.0 Å². The van der Waals surface area contributed by atoms with Crippen molar-refractivity contribution >= 4 is 17.5 Å². The van der Waals surface area contributed by atoms with E-state index in [1.54, 1.807) is 0 Å². The summed E-state index contributed by atoms with van der Waals surface area (Å²) in [7, 11) is 0. The van der Waals surface area contributed by atoms with Crippen molar-refractivity contribution in [2.24, 2.45) is 0 Å². The quantitative estimate of drug-likeness (QED) is 0.872. The molecule has 3 rings (SSSR count). The second-order valence-electron chi connectivity index (χ2n) is 6.26. The predicted molar refractivity (Wildman–Crippen MR) is 94.9 cm³/mol. The van der Waals surface area contributed by atoms with Gasteiger partial charge in [0.15, 0.2) is 5.82 Å². The zero-order valence-electron chi connectivity index (χ0n) is 14.4. The fourth-order valence-electron chi connectivity index (χ4n) is 3.01. The summed E-state index contributed by atoms with van der Waals surface area (Å²) in [6, 6.07) is 7.64. The zero-order chi connectivity index (χ0) is 17.6. The molecule has 0 fully saturated rings. The van der Waals surface area contributed by atoms with Gasteiger partial charge in [-0.2, -0.15) is 0 Å². The molecule has 2 amide bonds. The Morgan fingerprint density at radius 2 is 2.08 bits per heavy atom. The van der Waals surface area contributed by atoms with E-state index in [2.05, 4.69) is 25.4 Å². The normalized spacial score (nSPS) is 13.6. The van der Waals surface area contributed by atoms with Crippen LogP contribution in [-0.2, 0) is 22.6 Å². The summed E-state index contributed by atoms with van der Waals surface area (Å²) in [5.41, 5.74) is 1.66. The molecule has 0 spiro atoms. The van der Waals surface area contributed by atoms with Gasteiger partial charge in [-0.25, -0.2) is 0 Å². The van der Waals surface area contributed by atoms with E-state index in [9.17, 15) is 9.59 Å². The molecule has 1 aromatic heterocycles. The minimum Gasteiger partial charge on any atom is -0.356 e. The highest BCUT2D eigenvalue weighted by Gasteiger charge is 2.16. The van der Waals surface area contributed by atoms with Crippen LogP contribution in [0.5, 0.6) is 0 Å². The highest BCUT2D eigenvalue weighted by Crippen LogP contribution is 2.24. The van der Waals surface area contributed by atoms with Crippen LogP contribution >= 0.6 is 0 Å². The first-order chi connectivity index (χ1) is 12.1. The number of nitrogens with zero attached hydrogens (tertiary/aromatic N) is 3. The smallest absolute Gasteiger partial charge is 0.226 e. The zero-order valence-corrected chi connectivity index (χ0v) is 14.4. The Kier molecular flexibility index (Phi) is 5.42. The standard InChI is InChI=1S/C18H23N5O2/c1-13(24)19-10-9-17(25)20-15-7-5-6-14(12-15)18-22-21-16-8-3-2-4-11-23(16)18/h5-7,12H,2-4,8-11H2,1H3,(H,19,24)(H,20,25). The van der Waals surface area contributed by atoms with Crippen LogP contribution in [-0.4, -0.2) is 33.1 Å². The number of rotatable bonds is 5. The lowest BCUT2D eigenvalue weighted by molar-refractivity contribution is -0.119. The molecule has 0 atom stereocenters. The van der Waals surface area contributed by atoms with E-state index < -0.39 is 0 Å². The third kappa shape index (κ3) is 4.43. The lowest BCUT2D eigenvalue weighted by Gasteiger charge is -2.09. The molecule has 25 heavy (non-hydrogen) atoms. The SMILES string of the molecule is CC(=O)NCCC(=O)Nc1cccc(-c2nnc3n2CCCCC3)c1. The third-order valence-electron chi connectivity index (χ3n) is 4.24. The molecule has 0 radical (unpaired) electrons. The second-order valence-corrected chi connectivity index (χ2v) is 6.26. The second kappa shape index (κ2) is 7.92. The van der Waals surface area contributed by atoms with E-state index in [0.29, 0.717) is 6.54 Å². The van der Waals surface area contributed by atoms with E-state index in [1.165, 1.54) is 13.3 Å². The van der Waals surface area contributed by atoms with Gasteiger partial charge in [0, 0.05) is 44.1 Å². The molecule has 0 bridgehead atoms. The van der Waals surface area contributed by atoms with Crippen LogP contribution in [0, 0.1) is 0 Å². The molecule has 7 heteroatoms. The molecular formula is C18H23N5O2. The summed E-state index contributed by atoms with van der Waals surface area (Å²) >= 11 is 0. The topological polar surface area (TPSA) is 88.9 Å². The van der Waals surface area contributed by atoms with Gasteiger partial charge in [-0.15, -0.1) is 10.2 Å². The lowest BCUT2D eigenvalue weighted by Crippen LogP contribution is -2.25. The van der Waals surface area contributed by atoms with E-state index in [1.807, 2.05) is 24.3 Å². The Morgan fingerprint density at radius 1 is 1.20 bits per heavy atom. The summed E-state index contributed by atoms with van der Waals surface area (Å²) in [5, 5.41) is 14.2. The highest BCUT2D eigenvalue weighted by molar-refractivity contribution is 5.91. The first-order valence-corrected chi connectivity index (χ1v) is 8.70. The Morgan fingerprint density at radius 3 is 2.92 bits per heavy atom. The number of fused-ring (bicyclic) bond motifs is 1. The summed E-state index contributed by atoms with van der Waals surface area (Å²) < 4.78 is 2.19. The van der Waals surface area contributed by atoms with Crippen molar-refractivity contribution in [3.8, 4) is 11.4 Å². The molecule has 1 aliphatic heterocycles. The molecule has 0 unspecified atom stereocenters. The van der Waals surface area contributed by atoms with E-state index >= 15 is 0 Å². The maximum atomic E-state index is 12.0. The predicted octanol–water partition coefficient (Wildman–Crippen LogP) is 2.14. The van der Waals surface area contributed by atoms with Gasteiger partial charge in [-0.1, -0.05) is 18.6 Å². The summed E-state index contributed by atoms with van der Waals surface area (Å²) in [4.78, 5) is 22.8. The van der Waals surface area contributed by atoms with Crippen LogP contribution in [0.2, 0.25) is 0 Å². The Bertz CT molecular complexity index is 769. The van der Waals surface area contributed by atoms with Crippen molar-refractivity contribution in [2.45, 2.75) is 45.6 Å². The van der Waals surface area contributed by atoms with E-state index in [0.717, 1.165) is 48.7 Å². The number of benzene rings is 1. The van der Waals surface area contributed by atoms with Crippen molar-refractivity contribution in [3.05, 3.63) is 30.1 Å². The van der Waals surface area contributed by atoms with Gasteiger partial charge in [-0.3, -0.25) is 9.59 Å². The maximum absolute atomic E-state index is 12.0. The van der Waals surface area contributed by atoms with Gasteiger partial charge < -0.3 is 15.2 Å². The molecule has 2 N–H and O–H groups in total. The molecule has 1 aliphatic rings. The average Bonchev–Trinajstić information content (AvgIpc) is 2.83. The number of carbonyl (C=O) groups is 2. The average molecular weight is 341 g/mol. The molecule has 132 valence electrons. The summed E-state index contributed by atoms with van der Waals surface area (Å²) in [5.74, 6) is 1.62. The third-order valence-corrected chi connectivity index (χ3v) is 4.24. The molecule has 0 saturated carbocycles. The molecular weight excluding hydrogens is 318 g/mol. The Labute approximate surface area is 146 Å². The van der Waals surface area contributed by atoms with Crippen LogP contribution in [0.4, 0.5) is 5.69 Å². The van der Waals surface area contributed by atoms with Crippen LogP contribution in [0.25, 0.3) is 11.4 Å². The number of hydrogen-bond acceptors (Lipinski definition) is 4. The lowest BCUT2D eigenvalue weighted by atomic mass is 10.2. The Hall–Kier alpha value is -2.70. The number of carbonyl (C=O) groups excluding carboxylic acids is 2. The number of hydrogen-bond donors (Lipinski definition) is 2.